The molecule has 2 aliphatic rings. The van der Waals surface area contributed by atoms with Gasteiger partial charge in [0.05, 0.1) is 13.2 Å². The fourth-order valence-electron chi connectivity index (χ4n) is 4.06. The second-order valence-electron chi connectivity index (χ2n) is 7.56. The van der Waals surface area contributed by atoms with Crippen LogP contribution in [0.4, 0.5) is 0 Å². The lowest BCUT2D eigenvalue weighted by atomic mass is 9.86. The molecule has 4 rings (SSSR count). The first-order valence-corrected chi connectivity index (χ1v) is 9.65. The molecule has 0 amide bonds. The number of hydrogen-bond acceptors (Lipinski definition) is 6. The average Bonchev–Trinajstić information content (AvgIpc) is 3.08. The first-order valence-electron chi connectivity index (χ1n) is 9.65. The summed E-state index contributed by atoms with van der Waals surface area (Å²) in [7, 11) is 0. The monoisotopic (exact) mass is 386 g/mol. The van der Waals surface area contributed by atoms with Gasteiger partial charge in [-0.15, -0.1) is 0 Å². The van der Waals surface area contributed by atoms with Gasteiger partial charge in [0.2, 0.25) is 5.79 Å². The van der Waals surface area contributed by atoms with Gasteiger partial charge in [-0.3, -0.25) is 0 Å². The number of ether oxygens (including phenoxy) is 2. The molecule has 0 bridgehead atoms. The fraction of sp³-hybridized carbons (Fsp3) is 0.455. The van der Waals surface area contributed by atoms with Crippen molar-refractivity contribution in [2.24, 2.45) is 0 Å². The summed E-state index contributed by atoms with van der Waals surface area (Å²) in [6, 6.07) is 14.3. The Kier molecular flexibility index (Phi) is 5.26. The lowest BCUT2D eigenvalue weighted by Crippen LogP contribution is -2.63. The van der Waals surface area contributed by atoms with Crippen molar-refractivity contribution in [1.29, 1.82) is 0 Å². The summed E-state index contributed by atoms with van der Waals surface area (Å²) in [6.07, 6.45) is -3.69. The Hall–Kier alpha value is -1.80. The predicted molar refractivity (Wildman–Crippen MR) is 102 cm³/mol. The van der Waals surface area contributed by atoms with Crippen LogP contribution in [-0.2, 0) is 34.7 Å². The molecule has 0 aromatic heterocycles. The van der Waals surface area contributed by atoms with Crippen molar-refractivity contribution in [3.8, 4) is 0 Å². The number of aliphatic hydroxyl groups is 4. The van der Waals surface area contributed by atoms with Gasteiger partial charge in [0.1, 0.15) is 24.4 Å². The molecule has 1 fully saturated rings. The van der Waals surface area contributed by atoms with E-state index >= 15 is 0 Å². The van der Waals surface area contributed by atoms with E-state index in [-0.39, 0.29) is 6.61 Å². The number of fused-ring (bicyclic) bond motifs is 2. The lowest BCUT2D eigenvalue weighted by molar-refractivity contribution is -0.368. The molecule has 5 atom stereocenters. The third kappa shape index (κ3) is 3.16. The SMILES string of the molecule is CCc1ccc(Cc2ccc3c(c2)[C@]2(OC3)O[C@H](CO)[C@H](O)[C@H](O)[C@H]2O)cc1. The minimum Gasteiger partial charge on any atom is -0.394 e. The normalized spacial score (nSPS) is 31.9. The largest absolute Gasteiger partial charge is 0.394 e. The highest BCUT2D eigenvalue weighted by molar-refractivity contribution is 5.41. The molecule has 2 aromatic carbocycles. The van der Waals surface area contributed by atoms with E-state index in [9.17, 15) is 20.4 Å². The molecule has 6 heteroatoms. The smallest absolute Gasteiger partial charge is 0.225 e. The molecule has 2 aromatic rings. The van der Waals surface area contributed by atoms with E-state index < -0.39 is 36.8 Å². The minimum absolute atomic E-state index is 0.221. The van der Waals surface area contributed by atoms with Gasteiger partial charge in [-0.1, -0.05) is 43.3 Å². The molecule has 6 nitrogen and oxygen atoms in total. The Morgan fingerprint density at radius 2 is 1.64 bits per heavy atom. The summed E-state index contributed by atoms with van der Waals surface area (Å²) < 4.78 is 11.6. The fourth-order valence-corrected chi connectivity index (χ4v) is 4.06. The van der Waals surface area contributed by atoms with E-state index in [0.717, 1.165) is 17.5 Å². The van der Waals surface area contributed by atoms with Crippen molar-refractivity contribution in [2.75, 3.05) is 6.61 Å². The van der Waals surface area contributed by atoms with Crippen molar-refractivity contribution in [3.63, 3.8) is 0 Å². The van der Waals surface area contributed by atoms with Crippen LogP contribution >= 0.6 is 0 Å². The van der Waals surface area contributed by atoms with E-state index in [0.29, 0.717) is 12.0 Å². The molecule has 1 saturated heterocycles. The molecule has 0 radical (unpaired) electrons. The molecule has 28 heavy (non-hydrogen) atoms. The number of rotatable bonds is 4. The Labute approximate surface area is 164 Å². The van der Waals surface area contributed by atoms with Crippen molar-refractivity contribution in [1.82, 2.24) is 0 Å². The number of benzene rings is 2. The Morgan fingerprint density at radius 3 is 2.32 bits per heavy atom. The molecule has 4 N–H and O–H groups in total. The quantitative estimate of drug-likeness (QED) is 0.626. The maximum atomic E-state index is 10.7. The average molecular weight is 386 g/mol. The van der Waals surface area contributed by atoms with Gasteiger partial charge in [0.15, 0.2) is 0 Å². The van der Waals surface area contributed by atoms with Gasteiger partial charge in [-0.05, 0) is 41.2 Å². The summed E-state index contributed by atoms with van der Waals surface area (Å²) in [6.45, 7) is 1.85. The van der Waals surface area contributed by atoms with Crippen LogP contribution in [0.25, 0.3) is 0 Å². The van der Waals surface area contributed by atoms with E-state index in [1.165, 1.54) is 11.1 Å². The molecule has 2 aliphatic heterocycles. The summed E-state index contributed by atoms with van der Waals surface area (Å²) in [4.78, 5) is 0. The maximum Gasteiger partial charge on any atom is 0.225 e. The number of hydrogen-bond donors (Lipinski definition) is 4. The van der Waals surface area contributed by atoms with E-state index in [2.05, 4.69) is 31.2 Å². The zero-order valence-corrected chi connectivity index (χ0v) is 15.8. The van der Waals surface area contributed by atoms with Crippen LogP contribution in [0.5, 0.6) is 0 Å². The van der Waals surface area contributed by atoms with Crippen molar-refractivity contribution >= 4 is 0 Å². The van der Waals surface area contributed by atoms with Crippen LogP contribution < -0.4 is 0 Å². The van der Waals surface area contributed by atoms with Gasteiger partial charge in [-0.25, -0.2) is 0 Å². The van der Waals surface area contributed by atoms with Crippen LogP contribution in [0.15, 0.2) is 42.5 Å². The van der Waals surface area contributed by atoms with Crippen LogP contribution in [0.2, 0.25) is 0 Å². The topological polar surface area (TPSA) is 99.4 Å². The lowest BCUT2D eigenvalue weighted by Gasteiger charge is -2.46. The van der Waals surface area contributed by atoms with Gasteiger partial charge >= 0.3 is 0 Å². The Morgan fingerprint density at radius 1 is 0.964 bits per heavy atom. The Balaban J connectivity index is 1.66. The first kappa shape index (κ1) is 19.5. The van der Waals surface area contributed by atoms with Crippen LogP contribution in [0.3, 0.4) is 0 Å². The highest BCUT2D eigenvalue weighted by Crippen LogP contribution is 2.46. The highest BCUT2D eigenvalue weighted by atomic mass is 16.7. The second kappa shape index (κ2) is 7.55. The molecule has 0 unspecified atom stereocenters. The summed E-state index contributed by atoms with van der Waals surface area (Å²) >= 11 is 0. The maximum absolute atomic E-state index is 10.7. The molecule has 0 saturated carbocycles. The summed E-state index contributed by atoms with van der Waals surface area (Å²) in [5.74, 6) is -1.59. The highest BCUT2D eigenvalue weighted by Gasteiger charge is 2.58. The summed E-state index contributed by atoms with van der Waals surface area (Å²) in [5.41, 5.74) is 4.95. The van der Waals surface area contributed by atoms with Crippen molar-refractivity contribution in [3.05, 3.63) is 70.3 Å². The van der Waals surface area contributed by atoms with Gasteiger partial charge in [0.25, 0.3) is 0 Å². The van der Waals surface area contributed by atoms with E-state index in [1.807, 2.05) is 18.2 Å². The zero-order chi connectivity index (χ0) is 19.9. The summed E-state index contributed by atoms with van der Waals surface area (Å²) in [5, 5.41) is 40.5. The molecule has 1 spiro atoms. The van der Waals surface area contributed by atoms with Crippen LogP contribution in [0, 0.1) is 0 Å². The van der Waals surface area contributed by atoms with Crippen LogP contribution in [-0.4, -0.2) is 51.4 Å². The van der Waals surface area contributed by atoms with Gasteiger partial charge in [0, 0.05) is 5.56 Å². The number of aliphatic hydroxyl groups excluding tert-OH is 4. The predicted octanol–water partition coefficient (Wildman–Crippen LogP) is 0.997. The van der Waals surface area contributed by atoms with Crippen LogP contribution in [0.1, 0.15) is 34.7 Å². The molecular formula is C22H26O6. The van der Waals surface area contributed by atoms with Gasteiger partial charge < -0.3 is 29.9 Å². The van der Waals surface area contributed by atoms with E-state index in [1.54, 1.807) is 0 Å². The van der Waals surface area contributed by atoms with Gasteiger partial charge in [-0.2, -0.15) is 0 Å². The zero-order valence-electron chi connectivity index (χ0n) is 15.8. The second-order valence-corrected chi connectivity index (χ2v) is 7.56. The standard InChI is InChI=1S/C22H26O6/c1-2-13-3-5-14(6-4-13)9-15-7-8-16-12-27-22(17(16)10-15)21(26)20(25)19(24)18(11-23)28-22/h3-8,10,18-21,23-26H,2,9,11-12H2,1H3/t18-,19+,20+,21-,22+/m1/s1. The number of aryl methyl sites for hydroxylation is 1. The molecule has 0 aliphatic carbocycles. The minimum atomic E-state index is -1.59. The molecule has 150 valence electrons. The first-order chi connectivity index (χ1) is 13.5. The van der Waals surface area contributed by atoms with Crippen molar-refractivity contribution in [2.45, 2.75) is 56.6 Å². The molecule has 2 heterocycles. The third-order valence-electron chi connectivity index (χ3n) is 5.78. The van der Waals surface area contributed by atoms with E-state index in [4.69, 9.17) is 9.47 Å². The third-order valence-corrected chi connectivity index (χ3v) is 5.78. The van der Waals surface area contributed by atoms with Crippen molar-refractivity contribution < 1.29 is 29.9 Å². The molecular weight excluding hydrogens is 360 g/mol. The Bertz CT molecular complexity index is 833.